The maximum absolute atomic E-state index is 3.72. The van der Waals surface area contributed by atoms with Crippen molar-refractivity contribution in [1.82, 2.24) is 10.2 Å². The molecule has 0 radical (unpaired) electrons. The monoisotopic (exact) mass is 250 g/mol. The van der Waals surface area contributed by atoms with Crippen LogP contribution in [0.4, 0.5) is 0 Å². The van der Waals surface area contributed by atoms with E-state index in [0.29, 0.717) is 6.04 Å². The van der Waals surface area contributed by atoms with E-state index in [9.17, 15) is 0 Å². The molecule has 0 aromatic rings. The zero-order valence-electron chi connectivity index (χ0n) is 12.5. The van der Waals surface area contributed by atoms with E-state index in [1.54, 1.807) is 0 Å². The molecule has 2 rings (SSSR count). The first-order chi connectivity index (χ1) is 8.56. The molecule has 18 heavy (non-hydrogen) atoms. The summed E-state index contributed by atoms with van der Waals surface area (Å²) in [5, 5.41) is 3.72. The third-order valence-corrected chi connectivity index (χ3v) is 4.68. The van der Waals surface area contributed by atoms with E-state index < -0.39 is 0 Å². The van der Waals surface area contributed by atoms with Gasteiger partial charge in [-0.25, -0.2) is 0 Å². The Hall–Kier alpha value is -0.340. The van der Waals surface area contributed by atoms with Crippen molar-refractivity contribution in [2.24, 2.45) is 23.7 Å². The Kier molecular flexibility index (Phi) is 4.85. The minimum absolute atomic E-state index is 0.680. The number of hydrogen-bond acceptors (Lipinski definition) is 2. The van der Waals surface area contributed by atoms with Crippen LogP contribution in [-0.2, 0) is 0 Å². The summed E-state index contributed by atoms with van der Waals surface area (Å²) in [6.07, 6.45) is 9.03. The zero-order chi connectivity index (χ0) is 13.1. The van der Waals surface area contributed by atoms with Gasteiger partial charge in [0, 0.05) is 12.6 Å². The van der Waals surface area contributed by atoms with E-state index in [4.69, 9.17) is 0 Å². The van der Waals surface area contributed by atoms with Crippen molar-refractivity contribution in [3.63, 3.8) is 0 Å². The first kappa shape index (κ1) is 14.1. The second kappa shape index (κ2) is 6.21. The second-order valence-electron chi connectivity index (χ2n) is 6.95. The summed E-state index contributed by atoms with van der Waals surface area (Å²) in [7, 11) is 4.41. The molecule has 2 aliphatic rings. The van der Waals surface area contributed by atoms with Gasteiger partial charge in [0.25, 0.3) is 0 Å². The molecule has 2 aliphatic carbocycles. The SMILES string of the molecule is CC(C)CC(CNCC1CC2C=CC1C2)N(C)C. The lowest BCUT2D eigenvalue weighted by atomic mass is 9.93. The molecule has 0 aliphatic heterocycles. The van der Waals surface area contributed by atoms with Crippen molar-refractivity contribution in [2.75, 3.05) is 27.2 Å². The summed E-state index contributed by atoms with van der Waals surface area (Å²) in [6, 6.07) is 0.680. The molecular formula is C16H30N2. The Labute approximate surface area is 113 Å². The van der Waals surface area contributed by atoms with Crippen LogP contribution in [0.2, 0.25) is 0 Å². The maximum atomic E-state index is 3.72. The average Bonchev–Trinajstić information content (AvgIpc) is 2.88. The summed E-state index contributed by atoms with van der Waals surface area (Å²) < 4.78 is 0. The molecule has 0 saturated heterocycles. The number of allylic oxidation sites excluding steroid dienone is 2. The predicted octanol–water partition coefficient (Wildman–Crippen LogP) is 2.76. The Morgan fingerprint density at radius 1 is 1.22 bits per heavy atom. The highest BCUT2D eigenvalue weighted by Crippen LogP contribution is 2.42. The molecule has 2 nitrogen and oxygen atoms in total. The highest BCUT2D eigenvalue weighted by molar-refractivity contribution is 5.10. The number of fused-ring (bicyclic) bond motifs is 2. The highest BCUT2D eigenvalue weighted by atomic mass is 15.1. The molecule has 0 amide bonds. The molecule has 2 bridgehead atoms. The van der Waals surface area contributed by atoms with Crippen LogP contribution < -0.4 is 5.32 Å². The van der Waals surface area contributed by atoms with Crippen molar-refractivity contribution in [1.29, 1.82) is 0 Å². The highest BCUT2D eigenvalue weighted by Gasteiger charge is 2.35. The Bertz CT molecular complexity index is 283. The van der Waals surface area contributed by atoms with Gasteiger partial charge in [-0.15, -0.1) is 0 Å². The first-order valence-corrected chi connectivity index (χ1v) is 7.61. The van der Waals surface area contributed by atoms with Crippen molar-refractivity contribution in [3.8, 4) is 0 Å². The van der Waals surface area contributed by atoms with E-state index in [0.717, 1.165) is 30.2 Å². The number of nitrogens with zero attached hydrogens (tertiary/aromatic N) is 1. The summed E-state index contributed by atoms with van der Waals surface area (Å²) in [5.74, 6) is 3.47. The van der Waals surface area contributed by atoms with E-state index in [2.05, 4.69) is 50.3 Å². The first-order valence-electron chi connectivity index (χ1n) is 7.61. The molecule has 4 atom stereocenters. The summed E-state index contributed by atoms with van der Waals surface area (Å²) in [4.78, 5) is 2.37. The van der Waals surface area contributed by atoms with Gasteiger partial charge in [0.2, 0.25) is 0 Å². The zero-order valence-corrected chi connectivity index (χ0v) is 12.5. The number of hydrogen-bond donors (Lipinski definition) is 1. The third-order valence-electron chi connectivity index (χ3n) is 4.68. The molecule has 0 aromatic carbocycles. The minimum Gasteiger partial charge on any atom is -0.315 e. The van der Waals surface area contributed by atoms with Gasteiger partial charge in [-0.2, -0.15) is 0 Å². The molecule has 1 N–H and O–H groups in total. The molecule has 4 unspecified atom stereocenters. The quantitative estimate of drug-likeness (QED) is 0.699. The van der Waals surface area contributed by atoms with Gasteiger partial charge in [-0.3, -0.25) is 0 Å². The van der Waals surface area contributed by atoms with Crippen LogP contribution in [0.1, 0.15) is 33.1 Å². The van der Waals surface area contributed by atoms with Gasteiger partial charge in [-0.05, 0) is 63.6 Å². The number of likely N-dealkylation sites (N-methyl/N-ethyl adjacent to an activating group) is 1. The summed E-state index contributed by atoms with van der Waals surface area (Å²) >= 11 is 0. The molecule has 1 fully saturated rings. The molecule has 1 saturated carbocycles. The number of rotatable bonds is 7. The fraction of sp³-hybridized carbons (Fsp3) is 0.875. The Morgan fingerprint density at radius 2 is 2.00 bits per heavy atom. The van der Waals surface area contributed by atoms with Crippen molar-refractivity contribution in [3.05, 3.63) is 12.2 Å². The lowest BCUT2D eigenvalue weighted by Gasteiger charge is -2.27. The molecule has 2 heteroatoms. The lowest BCUT2D eigenvalue weighted by Crippen LogP contribution is -2.40. The van der Waals surface area contributed by atoms with E-state index >= 15 is 0 Å². The smallest absolute Gasteiger partial charge is 0.0216 e. The normalized spacial score (nSPS) is 31.8. The van der Waals surface area contributed by atoms with Gasteiger partial charge >= 0.3 is 0 Å². The van der Waals surface area contributed by atoms with Gasteiger partial charge in [-0.1, -0.05) is 26.0 Å². The Balaban J connectivity index is 1.68. The number of nitrogens with one attached hydrogen (secondary N) is 1. The van der Waals surface area contributed by atoms with Crippen LogP contribution in [0, 0.1) is 23.7 Å². The molecule has 0 spiro atoms. The van der Waals surface area contributed by atoms with Crippen LogP contribution >= 0.6 is 0 Å². The van der Waals surface area contributed by atoms with Gasteiger partial charge in [0.05, 0.1) is 0 Å². The van der Waals surface area contributed by atoms with Crippen molar-refractivity contribution >= 4 is 0 Å². The lowest BCUT2D eigenvalue weighted by molar-refractivity contribution is 0.241. The van der Waals surface area contributed by atoms with Crippen LogP contribution in [0.5, 0.6) is 0 Å². The third kappa shape index (κ3) is 3.58. The van der Waals surface area contributed by atoms with Crippen LogP contribution in [0.15, 0.2) is 12.2 Å². The summed E-state index contributed by atoms with van der Waals surface area (Å²) in [6.45, 7) is 6.99. The molecule has 0 heterocycles. The van der Waals surface area contributed by atoms with Gasteiger partial charge in [0.1, 0.15) is 0 Å². The molecular weight excluding hydrogens is 220 g/mol. The predicted molar refractivity (Wildman–Crippen MR) is 78.6 cm³/mol. The van der Waals surface area contributed by atoms with E-state index in [1.807, 2.05) is 0 Å². The van der Waals surface area contributed by atoms with E-state index in [1.165, 1.54) is 25.8 Å². The Morgan fingerprint density at radius 3 is 2.50 bits per heavy atom. The fourth-order valence-corrected chi connectivity index (χ4v) is 3.59. The molecule has 104 valence electrons. The van der Waals surface area contributed by atoms with Crippen molar-refractivity contribution < 1.29 is 0 Å². The van der Waals surface area contributed by atoms with Gasteiger partial charge in [0.15, 0.2) is 0 Å². The average molecular weight is 250 g/mol. The van der Waals surface area contributed by atoms with Crippen LogP contribution in [0.3, 0.4) is 0 Å². The summed E-state index contributed by atoms with van der Waals surface area (Å²) in [5.41, 5.74) is 0. The standard InChI is InChI=1S/C16H30N2/c1-12(2)7-16(18(3)4)11-17-10-15-9-13-5-6-14(15)8-13/h5-6,12-17H,7-11H2,1-4H3. The van der Waals surface area contributed by atoms with Crippen LogP contribution in [-0.4, -0.2) is 38.1 Å². The van der Waals surface area contributed by atoms with E-state index in [-0.39, 0.29) is 0 Å². The van der Waals surface area contributed by atoms with Gasteiger partial charge < -0.3 is 10.2 Å². The van der Waals surface area contributed by atoms with Crippen molar-refractivity contribution in [2.45, 2.75) is 39.2 Å². The second-order valence-corrected chi connectivity index (χ2v) is 6.95. The van der Waals surface area contributed by atoms with Crippen LogP contribution in [0.25, 0.3) is 0 Å². The maximum Gasteiger partial charge on any atom is 0.0216 e. The topological polar surface area (TPSA) is 15.3 Å². The minimum atomic E-state index is 0.680. The fourth-order valence-electron chi connectivity index (χ4n) is 3.59. The molecule has 0 aromatic heterocycles. The largest absolute Gasteiger partial charge is 0.315 e.